The summed E-state index contributed by atoms with van der Waals surface area (Å²) in [5.41, 5.74) is 7.56. The third-order valence-electron chi connectivity index (χ3n) is 6.81. The van der Waals surface area contributed by atoms with Crippen molar-refractivity contribution < 1.29 is 13.9 Å². The van der Waals surface area contributed by atoms with Gasteiger partial charge in [0.2, 0.25) is 5.91 Å². The molecule has 5 aromatic rings. The zero-order chi connectivity index (χ0) is 25.9. The van der Waals surface area contributed by atoms with Crippen molar-refractivity contribution in [3.8, 4) is 16.9 Å². The van der Waals surface area contributed by atoms with Gasteiger partial charge in [-0.05, 0) is 72.9 Å². The lowest BCUT2D eigenvalue weighted by atomic mass is 9.94. The topological polar surface area (TPSA) is 51.5 Å². The van der Waals surface area contributed by atoms with E-state index in [9.17, 15) is 4.79 Å². The molecule has 0 spiro atoms. The number of fused-ring (bicyclic) bond motifs is 2. The Balaban J connectivity index is 1.59. The van der Waals surface area contributed by atoms with Crippen molar-refractivity contribution in [3.05, 3.63) is 102 Å². The Morgan fingerprint density at radius 3 is 2.46 bits per heavy atom. The molecule has 1 aromatic heterocycles. The molecule has 5 rings (SSSR count). The van der Waals surface area contributed by atoms with Crippen molar-refractivity contribution in [2.75, 3.05) is 11.9 Å². The van der Waals surface area contributed by atoms with Gasteiger partial charge in [-0.15, -0.1) is 0 Å². The van der Waals surface area contributed by atoms with Crippen LogP contribution in [-0.4, -0.2) is 12.5 Å². The number of allylic oxidation sites excluding steroid dienone is 1. The first-order valence-electron chi connectivity index (χ1n) is 12.7. The van der Waals surface area contributed by atoms with E-state index in [1.807, 2.05) is 57.4 Å². The molecule has 0 aliphatic rings. The summed E-state index contributed by atoms with van der Waals surface area (Å²) in [6.45, 7) is 8.54. The van der Waals surface area contributed by atoms with E-state index in [2.05, 4.69) is 54.7 Å². The maximum atomic E-state index is 12.9. The molecule has 186 valence electrons. The van der Waals surface area contributed by atoms with E-state index >= 15 is 0 Å². The van der Waals surface area contributed by atoms with Gasteiger partial charge in [-0.25, -0.2) is 0 Å². The molecular formula is C33H31NO3. The van der Waals surface area contributed by atoms with Gasteiger partial charge in [0.05, 0.1) is 12.9 Å². The number of rotatable bonds is 7. The number of anilines is 1. The summed E-state index contributed by atoms with van der Waals surface area (Å²) >= 11 is 0. The predicted octanol–water partition coefficient (Wildman–Crippen LogP) is 8.56. The predicted molar refractivity (Wildman–Crippen MR) is 153 cm³/mol. The van der Waals surface area contributed by atoms with E-state index in [4.69, 9.17) is 9.15 Å². The summed E-state index contributed by atoms with van der Waals surface area (Å²) in [4.78, 5) is 12.9. The third kappa shape index (κ3) is 4.75. The number of amides is 1. The number of carbonyl (C=O) groups is 1. The van der Waals surface area contributed by atoms with Crippen LogP contribution in [0.15, 0.2) is 89.6 Å². The second kappa shape index (κ2) is 10.4. The van der Waals surface area contributed by atoms with Crippen LogP contribution < -0.4 is 10.1 Å². The SMILES string of the molecule is CCOc1c(/C(C)=C/C(=O)Nc2ccc(CC)cc2)cc2c(-c3cccc4ccccc34)coc2c1C. The molecule has 0 saturated carbocycles. The highest BCUT2D eigenvalue weighted by molar-refractivity contribution is 6.08. The number of hydrogen-bond acceptors (Lipinski definition) is 3. The number of hydrogen-bond donors (Lipinski definition) is 1. The van der Waals surface area contributed by atoms with E-state index in [-0.39, 0.29) is 5.91 Å². The molecule has 0 aliphatic carbocycles. The number of nitrogens with one attached hydrogen (secondary N) is 1. The Morgan fingerprint density at radius 2 is 1.70 bits per heavy atom. The molecule has 37 heavy (non-hydrogen) atoms. The van der Waals surface area contributed by atoms with Gasteiger partial charge in [0, 0.05) is 33.8 Å². The van der Waals surface area contributed by atoms with Gasteiger partial charge >= 0.3 is 0 Å². The first kappa shape index (κ1) is 24.4. The Morgan fingerprint density at radius 1 is 0.946 bits per heavy atom. The molecule has 1 amide bonds. The summed E-state index contributed by atoms with van der Waals surface area (Å²) in [5.74, 6) is 0.561. The molecule has 4 heteroatoms. The third-order valence-corrected chi connectivity index (χ3v) is 6.81. The monoisotopic (exact) mass is 489 g/mol. The molecule has 0 unspecified atom stereocenters. The Bertz CT molecular complexity index is 1620. The van der Waals surface area contributed by atoms with Crippen LogP contribution in [0.1, 0.15) is 37.5 Å². The number of furan rings is 1. The van der Waals surface area contributed by atoms with Crippen LogP contribution in [-0.2, 0) is 11.2 Å². The summed E-state index contributed by atoms with van der Waals surface area (Å²) < 4.78 is 12.2. The normalized spacial score (nSPS) is 11.7. The van der Waals surface area contributed by atoms with Crippen molar-refractivity contribution >= 4 is 38.9 Å². The van der Waals surface area contributed by atoms with Crippen LogP contribution in [0.2, 0.25) is 0 Å². The summed E-state index contributed by atoms with van der Waals surface area (Å²) in [6.07, 6.45) is 4.42. The molecule has 0 bridgehead atoms. The number of ether oxygens (including phenoxy) is 1. The molecule has 0 fully saturated rings. The van der Waals surface area contributed by atoms with Crippen LogP contribution in [0.3, 0.4) is 0 Å². The summed E-state index contributed by atoms with van der Waals surface area (Å²) in [7, 11) is 0. The van der Waals surface area contributed by atoms with E-state index in [0.717, 1.165) is 56.7 Å². The van der Waals surface area contributed by atoms with Gasteiger partial charge < -0.3 is 14.5 Å². The minimum Gasteiger partial charge on any atom is -0.493 e. The lowest BCUT2D eigenvalue weighted by Crippen LogP contribution is -2.09. The van der Waals surface area contributed by atoms with E-state index < -0.39 is 0 Å². The van der Waals surface area contributed by atoms with Gasteiger partial charge in [0.1, 0.15) is 11.3 Å². The minimum absolute atomic E-state index is 0.177. The second-order valence-electron chi connectivity index (χ2n) is 9.23. The summed E-state index contributed by atoms with van der Waals surface area (Å²) in [6, 6.07) is 24.7. The molecule has 4 aromatic carbocycles. The van der Waals surface area contributed by atoms with Crippen molar-refractivity contribution in [1.29, 1.82) is 0 Å². The van der Waals surface area contributed by atoms with Crippen LogP contribution in [0.4, 0.5) is 5.69 Å². The first-order valence-corrected chi connectivity index (χ1v) is 12.7. The zero-order valence-corrected chi connectivity index (χ0v) is 21.7. The van der Waals surface area contributed by atoms with Crippen LogP contribution in [0.5, 0.6) is 5.75 Å². The zero-order valence-electron chi connectivity index (χ0n) is 21.7. The molecular weight excluding hydrogens is 458 g/mol. The van der Waals surface area contributed by atoms with Gasteiger partial charge in [-0.1, -0.05) is 61.5 Å². The highest BCUT2D eigenvalue weighted by Gasteiger charge is 2.20. The fourth-order valence-electron chi connectivity index (χ4n) is 4.88. The van der Waals surface area contributed by atoms with Crippen LogP contribution >= 0.6 is 0 Å². The Hall–Kier alpha value is -4.31. The van der Waals surface area contributed by atoms with Gasteiger partial charge in [0.25, 0.3) is 0 Å². The van der Waals surface area contributed by atoms with Gasteiger partial charge in [-0.3, -0.25) is 4.79 Å². The maximum absolute atomic E-state index is 12.9. The first-order chi connectivity index (χ1) is 18.0. The standard InChI is InChI=1S/C33H31NO3/c1-5-23-14-16-25(17-15-23)34-31(35)18-21(3)28-19-29-30(20-37-33(29)22(4)32(28)36-6-2)27-13-9-11-24-10-7-8-12-26(24)27/h7-20H,5-6H2,1-4H3,(H,34,35)/b21-18+. The molecule has 1 heterocycles. The van der Waals surface area contributed by atoms with Gasteiger partial charge in [0.15, 0.2) is 0 Å². The maximum Gasteiger partial charge on any atom is 0.248 e. The van der Waals surface area contributed by atoms with E-state index in [0.29, 0.717) is 6.61 Å². The van der Waals surface area contributed by atoms with Crippen molar-refractivity contribution in [3.63, 3.8) is 0 Å². The highest BCUT2D eigenvalue weighted by Crippen LogP contribution is 2.42. The molecule has 0 radical (unpaired) electrons. The molecule has 0 saturated heterocycles. The number of carbonyl (C=O) groups excluding carboxylic acids is 1. The fraction of sp³-hybridized carbons (Fsp3) is 0.182. The lowest BCUT2D eigenvalue weighted by molar-refractivity contribution is -0.111. The van der Waals surface area contributed by atoms with E-state index in [1.54, 1.807) is 6.08 Å². The van der Waals surface area contributed by atoms with Crippen LogP contribution in [0, 0.1) is 6.92 Å². The quantitative estimate of drug-likeness (QED) is 0.233. The largest absolute Gasteiger partial charge is 0.493 e. The van der Waals surface area contributed by atoms with Crippen molar-refractivity contribution in [2.45, 2.75) is 34.1 Å². The van der Waals surface area contributed by atoms with Crippen LogP contribution in [0.25, 0.3) is 38.4 Å². The van der Waals surface area contributed by atoms with E-state index in [1.165, 1.54) is 16.3 Å². The fourth-order valence-corrected chi connectivity index (χ4v) is 4.88. The molecule has 4 nitrogen and oxygen atoms in total. The lowest BCUT2D eigenvalue weighted by Gasteiger charge is -2.15. The van der Waals surface area contributed by atoms with Gasteiger partial charge in [-0.2, -0.15) is 0 Å². The molecule has 0 atom stereocenters. The molecule has 1 N–H and O–H groups in total. The molecule has 0 aliphatic heterocycles. The van der Waals surface area contributed by atoms with Crippen molar-refractivity contribution in [2.24, 2.45) is 0 Å². The average molecular weight is 490 g/mol. The number of aryl methyl sites for hydroxylation is 2. The minimum atomic E-state index is -0.177. The van der Waals surface area contributed by atoms with Crippen molar-refractivity contribution in [1.82, 2.24) is 0 Å². The highest BCUT2D eigenvalue weighted by atomic mass is 16.5. The number of benzene rings is 4. The summed E-state index contributed by atoms with van der Waals surface area (Å²) in [5, 5.41) is 6.32. The average Bonchev–Trinajstić information content (AvgIpc) is 3.34. The Labute approximate surface area is 217 Å². The Kier molecular flexibility index (Phi) is 6.82. The second-order valence-corrected chi connectivity index (χ2v) is 9.23. The smallest absolute Gasteiger partial charge is 0.248 e.